The number of hydrogen-bond donors (Lipinski definition) is 1. The number of hydrogen-bond acceptors (Lipinski definition) is 3. The molecule has 1 aliphatic rings. The average molecular weight is 318 g/mol. The molecule has 21 heavy (non-hydrogen) atoms. The van der Waals surface area contributed by atoms with Gasteiger partial charge in [0.05, 0.1) is 0 Å². The van der Waals surface area contributed by atoms with Crippen molar-refractivity contribution in [2.75, 3.05) is 13.1 Å². The van der Waals surface area contributed by atoms with Crippen molar-refractivity contribution in [3.63, 3.8) is 0 Å². The summed E-state index contributed by atoms with van der Waals surface area (Å²) in [4.78, 5) is -0.495. The van der Waals surface area contributed by atoms with Crippen molar-refractivity contribution >= 4 is 10.0 Å². The molecule has 0 heterocycles. The van der Waals surface area contributed by atoms with Crippen molar-refractivity contribution in [1.29, 1.82) is 0 Å². The van der Waals surface area contributed by atoms with Crippen LogP contribution in [-0.2, 0) is 10.0 Å². The first-order valence-electron chi connectivity index (χ1n) is 7.05. The van der Waals surface area contributed by atoms with Crippen LogP contribution in [0.5, 0.6) is 0 Å². The Balaban J connectivity index is 2.49. The first-order chi connectivity index (χ1) is 9.87. The van der Waals surface area contributed by atoms with Gasteiger partial charge in [-0.1, -0.05) is 19.8 Å². The predicted molar refractivity (Wildman–Crippen MR) is 76.2 cm³/mol. The maximum Gasteiger partial charge on any atom is 0.246 e. The number of rotatable bonds is 5. The molecule has 1 aliphatic carbocycles. The lowest BCUT2D eigenvalue weighted by atomic mass is 9.98. The highest BCUT2D eigenvalue weighted by Gasteiger charge is 2.44. The van der Waals surface area contributed by atoms with Gasteiger partial charge in [0.25, 0.3) is 0 Å². The molecule has 0 amide bonds. The third-order valence-corrected chi connectivity index (χ3v) is 6.31. The minimum absolute atomic E-state index is 0.197. The second-order valence-corrected chi connectivity index (χ2v) is 7.21. The highest BCUT2D eigenvalue weighted by molar-refractivity contribution is 7.89. The maximum absolute atomic E-state index is 13.9. The quantitative estimate of drug-likeness (QED) is 0.905. The Morgan fingerprint density at radius 3 is 2.38 bits per heavy atom. The van der Waals surface area contributed by atoms with Crippen molar-refractivity contribution < 1.29 is 17.2 Å². The van der Waals surface area contributed by atoms with E-state index in [-0.39, 0.29) is 13.1 Å². The van der Waals surface area contributed by atoms with Gasteiger partial charge >= 0.3 is 0 Å². The largest absolute Gasteiger partial charge is 0.329 e. The van der Waals surface area contributed by atoms with E-state index >= 15 is 0 Å². The molecule has 0 bridgehead atoms. The van der Waals surface area contributed by atoms with E-state index in [1.807, 2.05) is 0 Å². The third-order valence-electron chi connectivity index (χ3n) is 4.19. The fraction of sp³-hybridized carbons (Fsp3) is 0.571. The summed E-state index contributed by atoms with van der Waals surface area (Å²) in [6.45, 7) is 2.11. The monoisotopic (exact) mass is 318 g/mol. The molecule has 0 radical (unpaired) electrons. The molecule has 1 saturated carbocycles. The highest BCUT2D eigenvalue weighted by atomic mass is 32.2. The first kappa shape index (κ1) is 16.3. The maximum atomic E-state index is 13.9. The topological polar surface area (TPSA) is 63.4 Å². The lowest BCUT2D eigenvalue weighted by Crippen LogP contribution is -2.54. The van der Waals surface area contributed by atoms with E-state index < -0.39 is 32.1 Å². The van der Waals surface area contributed by atoms with E-state index in [4.69, 9.17) is 5.73 Å². The van der Waals surface area contributed by atoms with Crippen LogP contribution in [0.3, 0.4) is 0 Å². The highest BCUT2D eigenvalue weighted by Crippen LogP contribution is 2.38. The van der Waals surface area contributed by atoms with Crippen molar-refractivity contribution in [1.82, 2.24) is 4.31 Å². The molecule has 0 aliphatic heterocycles. The summed E-state index contributed by atoms with van der Waals surface area (Å²) in [5.41, 5.74) is 5.16. The van der Waals surface area contributed by atoms with Gasteiger partial charge in [-0.15, -0.1) is 0 Å². The Hall–Kier alpha value is -1.05. The number of benzene rings is 1. The molecule has 1 aromatic rings. The Kier molecular flexibility index (Phi) is 4.65. The molecule has 7 heteroatoms. The molecule has 4 nitrogen and oxygen atoms in total. The Morgan fingerprint density at radius 1 is 1.29 bits per heavy atom. The molecule has 0 spiro atoms. The molecular weight excluding hydrogens is 298 g/mol. The van der Waals surface area contributed by atoms with Gasteiger partial charge in [0, 0.05) is 24.7 Å². The lowest BCUT2D eigenvalue weighted by Gasteiger charge is -2.38. The standard InChI is InChI=1S/C14H20F2N2O2S/c1-2-18(14(10-17)7-3-4-8-14)21(19,20)13-6-5-11(15)9-12(13)16/h5-6,9H,2-4,7-8,10,17H2,1H3. The van der Waals surface area contributed by atoms with Crippen LogP contribution in [0, 0.1) is 11.6 Å². The molecular formula is C14H20F2N2O2S. The molecule has 1 aromatic carbocycles. The van der Waals surface area contributed by atoms with E-state index in [0.29, 0.717) is 18.9 Å². The van der Waals surface area contributed by atoms with Crippen LogP contribution in [0.1, 0.15) is 32.6 Å². The molecule has 2 N–H and O–H groups in total. The van der Waals surface area contributed by atoms with Crippen molar-refractivity contribution in [3.05, 3.63) is 29.8 Å². The van der Waals surface area contributed by atoms with E-state index in [1.165, 1.54) is 4.31 Å². The zero-order valence-corrected chi connectivity index (χ0v) is 12.8. The third kappa shape index (κ3) is 2.82. The zero-order valence-electron chi connectivity index (χ0n) is 12.0. The Bertz CT molecular complexity index is 613. The van der Waals surface area contributed by atoms with Crippen LogP contribution in [0.4, 0.5) is 8.78 Å². The summed E-state index contributed by atoms with van der Waals surface area (Å²) in [5, 5.41) is 0. The summed E-state index contributed by atoms with van der Waals surface area (Å²) in [6, 6.07) is 2.51. The average Bonchev–Trinajstić information content (AvgIpc) is 2.88. The van der Waals surface area contributed by atoms with Crippen molar-refractivity contribution in [2.24, 2.45) is 5.73 Å². The van der Waals surface area contributed by atoms with Gasteiger partial charge in [-0.25, -0.2) is 17.2 Å². The Labute approximate surface area is 124 Å². The summed E-state index contributed by atoms with van der Waals surface area (Å²) < 4.78 is 53.7. The fourth-order valence-corrected chi connectivity index (χ4v) is 5.04. The van der Waals surface area contributed by atoms with Crippen LogP contribution in [0.25, 0.3) is 0 Å². The predicted octanol–water partition coefficient (Wildman–Crippen LogP) is 2.25. The number of nitrogens with two attached hydrogens (primary N) is 1. The van der Waals surface area contributed by atoms with Gasteiger partial charge in [-0.05, 0) is 25.0 Å². The van der Waals surface area contributed by atoms with Crippen molar-refractivity contribution in [2.45, 2.75) is 43.0 Å². The summed E-state index contributed by atoms with van der Waals surface area (Å²) in [7, 11) is -4.04. The molecule has 1 fully saturated rings. The summed E-state index contributed by atoms with van der Waals surface area (Å²) in [6.07, 6.45) is 3.13. The first-order valence-corrected chi connectivity index (χ1v) is 8.49. The molecule has 0 atom stereocenters. The van der Waals surface area contributed by atoms with E-state index in [9.17, 15) is 17.2 Å². The second-order valence-electron chi connectivity index (χ2n) is 5.38. The van der Waals surface area contributed by atoms with Crippen LogP contribution in [0.2, 0.25) is 0 Å². The number of sulfonamides is 1. The van der Waals surface area contributed by atoms with Gasteiger partial charge in [-0.2, -0.15) is 4.31 Å². The van der Waals surface area contributed by atoms with Crippen LogP contribution < -0.4 is 5.73 Å². The number of nitrogens with zero attached hydrogens (tertiary/aromatic N) is 1. The molecule has 0 unspecified atom stereocenters. The van der Waals surface area contributed by atoms with E-state index in [2.05, 4.69) is 0 Å². The van der Waals surface area contributed by atoms with Crippen LogP contribution in [0.15, 0.2) is 23.1 Å². The Morgan fingerprint density at radius 2 is 1.90 bits per heavy atom. The fourth-order valence-electron chi connectivity index (χ4n) is 3.15. The minimum Gasteiger partial charge on any atom is -0.329 e. The number of halogens is 2. The molecule has 118 valence electrons. The lowest BCUT2D eigenvalue weighted by molar-refractivity contribution is 0.204. The van der Waals surface area contributed by atoms with E-state index in [0.717, 1.165) is 25.0 Å². The van der Waals surface area contributed by atoms with Gasteiger partial charge in [0.2, 0.25) is 10.0 Å². The molecule has 0 saturated heterocycles. The van der Waals surface area contributed by atoms with E-state index in [1.54, 1.807) is 6.92 Å². The van der Waals surface area contributed by atoms with Gasteiger partial charge in [0.1, 0.15) is 16.5 Å². The van der Waals surface area contributed by atoms with Gasteiger partial charge in [0.15, 0.2) is 0 Å². The van der Waals surface area contributed by atoms with Gasteiger partial charge in [-0.3, -0.25) is 0 Å². The summed E-state index contributed by atoms with van der Waals surface area (Å²) in [5.74, 6) is -1.87. The second kappa shape index (κ2) is 5.98. The molecule has 0 aromatic heterocycles. The smallest absolute Gasteiger partial charge is 0.246 e. The summed E-state index contributed by atoms with van der Waals surface area (Å²) >= 11 is 0. The van der Waals surface area contributed by atoms with Crippen LogP contribution in [-0.4, -0.2) is 31.4 Å². The minimum atomic E-state index is -4.04. The normalized spacial score (nSPS) is 18.3. The zero-order chi connectivity index (χ0) is 15.7. The van der Waals surface area contributed by atoms with Crippen molar-refractivity contribution in [3.8, 4) is 0 Å². The van der Waals surface area contributed by atoms with Crippen LogP contribution >= 0.6 is 0 Å². The van der Waals surface area contributed by atoms with Gasteiger partial charge < -0.3 is 5.73 Å². The molecule has 2 rings (SSSR count). The number of likely N-dealkylation sites (N-methyl/N-ethyl adjacent to an activating group) is 1. The SMILES string of the molecule is CCN(C1(CN)CCCC1)S(=O)(=O)c1ccc(F)cc1F.